The van der Waals surface area contributed by atoms with Crippen molar-refractivity contribution in [3.05, 3.63) is 65.5 Å². The summed E-state index contributed by atoms with van der Waals surface area (Å²) in [6.07, 6.45) is 6.23. The molecule has 1 aromatic heterocycles. The van der Waals surface area contributed by atoms with Crippen molar-refractivity contribution in [3.63, 3.8) is 0 Å². The van der Waals surface area contributed by atoms with Crippen molar-refractivity contribution < 1.29 is 23.8 Å². The third-order valence-electron chi connectivity index (χ3n) is 4.48. The zero-order valence-corrected chi connectivity index (χ0v) is 16.8. The lowest BCUT2D eigenvalue weighted by Crippen LogP contribution is -2.05. The Morgan fingerprint density at radius 2 is 1.97 bits per heavy atom. The molecule has 0 spiro atoms. The Labute approximate surface area is 175 Å². The van der Waals surface area contributed by atoms with Crippen molar-refractivity contribution in [2.45, 2.75) is 26.2 Å². The summed E-state index contributed by atoms with van der Waals surface area (Å²) in [5.41, 5.74) is 2.55. The van der Waals surface area contributed by atoms with Crippen molar-refractivity contribution in [2.75, 3.05) is 13.2 Å². The second-order valence-corrected chi connectivity index (χ2v) is 6.64. The van der Waals surface area contributed by atoms with Crippen LogP contribution in [0.4, 0.5) is 0 Å². The van der Waals surface area contributed by atoms with Crippen LogP contribution < -0.4 is 9.47 Å². The maximum atomic E-state index is 10.8. The molecular formula is C24H23NO5. The number of carboxylic acids is 1. The minimum Gasteiger partial charge on any atom is -0.493 e. The van der Waals surface area contributed by atoms with Crippen molar-refractivity contribution >= 4 is 5.97 Å². The molecular weight excluding hydrogens is 382 g/mol. The molecule has 0 saturated heterocycles. The fraction of sp³-hybridized carbons (Fsp3) is 0.250. The minimum atomic E-state index is -0.865. The monoisotopic (exact) mass is 405 g/mol. The van der Waals surface area contributed by atoms with Crippen molar-refractivity contribution in [3.8, 4) is 35.3 Å². The molecule has 1 heterocycles. The summed E-state index contributed by atoms with van der Waals surface area (Å²) in [5, 5.41) is 8.91. The largest absolute Gasteiger partial charge is 0.493 e. The highest BCUT2D eigenvalue weighted by molar-refractivity contribution is 5.67. The number of oxazole rings is 1. The van der Waals surface area contributed by atoms with E-state index in [1.54, 1.807) is 18.2 Å². The highest BCUT2D eigenvalue weighted by atomic mass is 16.5. The Morgan fingerprint density at radius 3 is 2.70 bits per heavy atom. The van der Waals surface area contributed by atoms with E-state index in [9.17, 15) is 4.79 Å². The van der Waals surface area contributed by atoms with Crippen LogP contribution in [0.3, 0.4) is 0 Å². The lowest BCUT2D eigenvalue weighted by Gasteiger charge is -2.12. The van der Waals surface area contributed by atoms with E-state index in [4.69, 9.17) is 25.4 Å². The molecule has 0 aliphatic heterocycles. The average Bonchev–Trinajstić information content (AvgIpc) is 3.12. The normalized spacial score (nSPS) is 10.4. The standard InChI is InChI=1S/C24H23NO5/c1-3-14-29-22-16-20(11-9-18(22)10-12-23(26)27)28-15-13-21-17(2)30-24(25-21)19-7-5-4-6-8-19/h1,4-9,11,16H,10,12-15H2,2H3,(H,26,27). The summed E-state index contributed by atoms with van der Waals surface area (Å²) in [4.78, 5) is 15.4. The summed E-state index contributed by atoms with van der Waals surface area (Å²) < 4.78 is 17.2. The molecule has 0 radical (unpaired) electrons. The van der Waals surface area contributed by atoms with Crippen LogP contribution >= 0.6 is 0 Å². The highest BCUT2D eigenvalue weighted by Gasteiger charge is 2.12. The Hall–Kier alpha value is -3.72. The van der Waals surface area contributed by atoms with Crippen LogP contribution in [0.2, 0.25) is 0 Å². The van der Waals surface area contributed by atoms with Crippen LogP contribution in [-0.4, -0.2) is 29.3 Å². The first-order valence-corrected chi connectivity index (χ1v) is 9.62. The molecule has 154 valence electrons. The Kier molecular flexibility index (Phi) is 7.12. The minimum absolute atomic E-state index is 0.0157. The predicted molar refractivity (Wildman–Crippen MR) is 113 cm³/mol. The van der Waals surface area contributed by atoms with Gasteiger partial charge in [0.05, 0.1) is 12.3 Å². The second-order valence-electron chi connectivity index (χ2n) is 6.64. The number of nitrogens with zero attached hydrogens (tertiary/aromatic N) is 1. The molecule has 0 unspecified atom stereocenters. The van der Waals surface area contributed by atoms with Gasteiger partial charge in [-0.3, -0.25) is 4.79 Å². The van der Waals surface area contributed by atoms with Crippen LogP contribution in [0.15, 0.2) is 52.9 Å². The summed E-state index contributed by atoms with van der Waals surface area (Å²) in [6.45, 7) is 2.40. The van der Waals surface area contributed by atoms with E-state index in [-0.39, 0.29) is 13.0 Å². The third kappa shape index (κ3) is 5.65. The van der Waals surface area contributed by atoms with Crippen LogP contribution in [0, 0.1) is 19.3 Å². The fourth-order valence-corrected chi connectivity index (χ4v) is 2.96. The molecule has 0 bridgehead atoms. The predicted octanol–water partition coefficient (Wildman–Crippen LogP) is 4.30. The van der Waals surface area contributed by atoms with E-state index in [1.165, 1.54) is 0 Å². The maximum absolute atomic E-state index is 10.8. The molecule has 30 heavy (non-hydrogen) atoms. The van der Waals surface area contributed by atoms with E-state index in [1.807, 2.05) is 37.3 Å². The number of benzene rings is 2. The van der Waals surface area contributed by atoms with Crippen LogP contribution in [0.5, 0.6) is 11.5 Å². The van der Waals surface area contributed by atoms with E-state index < -0.39 is 5.97 Å². The van der Waals surface area contributed by atoms with Crippen molar-refractivity contribution in [2.24, 2.45) is 0 Å². The Bertz CT molecular complexity index is 1030. The molecule has 3 rings (SSSR count). The zero-order valence-electron chi connectivity index (χ0n) is 16.8. The number of hydrogen-bond donors (Lipinski definition) is 1. The number of rotatable bonds is 10. The summed E-state index contributed by atoms with van der Waals surface area (Å²) in [6, 6.07) is 15.1. The highest BCUT2D eigenvalue weighted by Crippen LogP contribution is 2.27. The Balaban J connectivity index is 1.63. The molecule has 0 fully saturated rings. The van der Waals surface area contributed by atoms with Gasteiger partial charge in [0.1, 0.15) is 23.9 Å². The van der Waals surface area contributed by atoms with E-state index in [0.717, 1.165) is 22.6 Å². The summed E-state index contributed by atoms with van der Waals surface area (Å²) in [7, 11) is 0. The van der Waals surface area contributed by atoms with Gasteiger partial charge in [0.15, 0.2) is 0 Å². The van der Waals surface area contributed by atoms with Crippen LogP contribution in [0.1, 0.15) is 23.4 Å². The summed E-state index contributed by atoms with van der Waals surface area (Å²) >= 11 is 0. The first kappa shape index (κ1) is 21.0. The van der Waals surface area contributed by atoms with Gasteiger partial charge in [-0.2, -0.15) is 0 Å². The van der Waals surface area contributed by atoms with Crippen LogP contribution in [-0.2, 0) is 17.6 Å². The van der Waals surface area contributed by atoms with Gasteiger partial charge >= 0.3 is 5.97 Å². The smallest absolute Gasteiger partial charge is 0.303 e. The SMILES string of the molecule is C#CCOc1cc(OCCc2nc(-c3ccccc3)oc2C)ccc1CCC(=O)O. The number of carbonyl (C=O) groups is 1. The van der Waals surface area contributed by atoms with Gasteiger partial charge in [-0.1, -0.05) is 30.2 Å². The number of hydrogen-bond acceptors (Lipinski definition) is 5. The average molecular weight is 405 g/mol. The molecule has 6 nitrogen and oxygen atoms in total. The number of carboxylic acid groups (broad SMARTS) is 1. The number of aliphatic carboxylic acids is 1. The molecule has 0 amide bonds. The molecule has 1 N–H and O–H groups in total. The molecule has 2 aromatic carbocycles. The van der Waals surface area contributed by atoms with E-state index in [2.05, 4.69) is 10.9 Å². The Morgan fingerprint density at radius 1 is 1.17 bits per heavy atom. The lowest BCUT2D eigenvalue weighted by molar-refractivity contribution is -0.136. The first-order chi connectivity index (χ1) is 14.6. The second kappa shape index (κ2) is 10.2. The number of ether oxygens (including phenoxy) is 2. The fourth-order valence-electron chi connectivity index (χ4n) is 2.96. The quantitative estimate of drug-likeness (QED) is 0.507. The van der Waals surface area contributed by atoms with Gasteiger partial charge in [-0.15, -0.1) is 6.42 Å². The van der Waals surface area contributed by atoms with Gasteiger partial charge in [0, 0.05) is 24.5 Å². The molecule has 0 saturated carbocycles. The number of aryl methyl sites for hydroxylation is 2. The summed E-state index contributed by atoms with van der Waals surface area (Å²) in [5.74, 6) is 4.06. The molecule has 3 aromatic rings. The van der Waals surface area contributed by atoms with E-state index >= 15 is 0 Å². The van der Waals surface area contributed by atoms with Gasteiger partial charge in [-0.25, -0.2) is 4.98 Å². The van der Waals surface area contributed by atoms with E-state index in [0.29, 0.717) is 36.8 Å². The first-order valence-electron chi connectivity index (χ1n) is 9.62. The third-order valence-corrected chi connectivity index (χ3v) is 4.48. The van der Waals surface area contributed by atoms with Gasteiger partial charge in [0.2, 0.25) is 5.89 Å². The molecule has 0 aliphatic rings. The maximum Gasteiger partial charge on any atom is 0.303 e. The van der Waals surface area contributed by atoms with Crippen LogP contribution in [0.25, 0.3) is 11.5 Å². The molecule has 0 aliphatic carbocycles. The zero-order chi connectivity index (χ0) is 21.3. The molecule has 0 atom stereocenters. The van der Waals surface area contributed by atoms with Crippen molar-refractivity contribution in [1.29, 1.82) is 0 Å². The van der Waals surface area contributed by atoms with Crippen molar-refractivity contribution in [1.82, 2.24) is 4.98 Å². The lowest BCUT2D eigenvalue weighted by atomic mass is 10.1. The molecule has 6 heteroatoms. The van der Waals surface area contributed by atoms with Gasteiger partial charge < -0.3 is 19.0 Å². The van der Waals surface area contributed by atoms with Gasteiger partial charge in [0.25, 0.3) is 0 Å². The van der Waals surface area contributed by atoms with Gasteiger partial charge in [-0.05, 0) is 37.1 Å². The topological polar surface area (TPSA) is 81.8 Å². The number of terminal acetylenes is 1. The number of aromatic nitrogens is 1.